The topological polar surface area (TPSA) is 101 Å². The standard InChI is InChI=1S/C13H14ClN4O2P3/c14-11-6-9(16-13(15)17-11)8-3-1-7(2-4-8)5-10(12(19)20)18-22-23-21/h1-4,6,10,23H,5,21H2,(H,19,20)(H2,15,16,17)/t10-/m1/s1. The molecule has 0 aliphatic rings. The Kier molecular flexibility index (Phi) is 6.80. The highest BCUT2D eigenvalue weighted by atomic mass is 35.5. The monoisotopic (exact) mass is 386 g/mol. The first-order valence-corrected chi connectivity index (χ1v) is 11.3. The van der Waals surface area contributed by atoms with E-state index in [1.54, 1.807) is 6.07 Å². The fourth-order valence-corrected chi connectivity index (χ4v) is 3.69. The van der Waals surface area contributed by atoms with Gasteiger partial charge in [-0.1, -0.05) is 35.9 Å². The summed E-state index contributed by atoms with van der Waals surface area (Å²) in [4.78, 5) is 19.2. The van der Waals surface area contributed by atoms with Gasteiger partial charge in [-0.05, 0) is 13.5 Å². The van der Waals surface area contributed by atoms with Gasteiger partial charge in [0, 0.05) is 26.1 Å². The molecule has 2 rings (SSSR count). The number of hydrogen-bond acceptors (Lipinski definition) is 5. The Labute approximate surface area is 143 Å². The maximum atomic E-state index is 11.2. The molecule has 0 fully saturated rings. The van der Waals surface area contributed by atoms with E-state index >= 15 is 0 Å². The quantitative estimate of drug-likeness (QED) is 0.579. The minimum Gasteiger partial charge on any atom is -0.480 e. The van der Waals surface area contributed by atoms with Crippen molar-refractivity contribution in [3.05, 3.63) is 41.0 Å². The van der Waals surface area contributed by atoms with Gasteiger partial charge in [0.1, 0.15) is 5.15 Å². The number of rotatable bonds is 6. The number of nitrogen functional groups attached to an aromatic ring is 1. The van der Waals surface area contributed by atoms with Crippen LogP contribution in [0.3, 0.4) is 0 Å². The molecule has 0 spiro atoms. The van der Waals surface area contributed by atoms with Crippen molar-refractivity contribution in [2.45, 2.75) is 12.5 Å². The minimum atomic E-state index is -0.916. The zero-order valence-electron chi connectivity index (χ0n) is 11.8. The molecule has 2 aromatic rings. The normalized spacial score (nSPS) is 13.0. The lowest BCUT2D eigenvalue weighted by Crippen LogP contribution is -2.19. The number of halogens is 1. The van der Waals surface area contributed by atoms with E-state index in [4.69, 9.17) is 17.3 Å². The van der Waals surface area contributed by atoms with Gasteiger partial charge in [-0.25, -0.2) is 19.5 Å². The van der Waals surface area contributed by atoms with E-state index in [0.717, 1.165) is 19.2 Å². The van der Waals surface area contributed by atoms with Crippen LogP contribution in [0.4, 0.5) is 5.95 Å². The molecular weight excluding hydrogens is 373 g/mol. The van der Waals surface area contributed by atoms with Gasteiger partial charge in [0.05, 0.1) is 5.69 Å². The number of carboxylic acids is 1. The molecule has 6 nitrogen and oxygen atoms in total. The van der Waals surface area contributed by atoms with E-state index in [9.17, 15) is 9.90 Å². The minimum absolute atomic E-state index is 0.110. The van der Waals surface area contributed by atoms with Gasteiger partial charge >= 0.3 is 5.97 Å². The molecule has 1 heterocycles. The van der Waals surface area contributed by atoms with E-state index in [1.165, 1.54) is 0 Å². The van der Waals surface area contributed by atoms with Crippen LogP contribution < -0.4 is 5.73 Å². The summed E-state index contributed by atoms with van der Waals surface area (Å²) >= 11 is 5.87. The summed E-state index contributed by atoms with van der Waals surface area (Å²) in [6, 6.07) is 8.30. The second kappa shape index (κ2) is 8.61. The maximum Gasteiger partial charge on any atom is 0.329 e. The number of hydrogen-bond donors (Lipinski definition) is 2. The molecule has 3 atom stereocenters. The molecule has 0 aliphatic heterocycles. The fourth-order valence-electron chi connectivity index (χ4n) is 1.90. The molecule has 120 valence electrons. The zero-order chi connectivity index (χ0) is 16.8. The van der Waals surface area contributed by atoms with Gasteiger partial charge < -0.3 is 10.8 Å². The summed E-state index contributed by atoms with van der Waals surface area (Å²) in [5.41, 5.74) is 7.93. The number of carboxylic acid groups (broad SMARTS) is 1. The molecule has 10 heteroatoms. The SMILES string of the molecule is Nc1nc(Cl)cc(-c2ccc(C[C@@H](N=PPP)C(=O)O)cc2)n1. The van der Waals surface area contributed by atoms with E-state index in [0.29, 0.717) is 20.1 Å². The van der Waals surface area contributed by atoms with Gasteiger partial charge in [-0.3, -0.25) is 0 Å². The largest absolute Gasteiger partial charge is 0.480 e. The summed E-state index contributed by atoms with van der Waals surface area (Å²) in [5, 5.41) is 9.48. The first-order chi connectivity index (χ1) is 11.0. The third-order valence-corrected chi connectivity index (χ3v) is 5.37. The Bertz CT molecular complexity index is 707. The number of nitrogens with zero attached hydrogens (tertiary/aromatic N) is 3. The summed E-state index contributed by atoms with van der Waals surface area (Å²) < 4.78 is 4.15. The highest BCUT2D eigenvalue weighted by Crippen LogP contribution is 2.37. The summed E-state index contributed by atoms with van der Waals surface area (Å²) in [5.74, 6) is -0.807. The van der Waals surface area contributed by atoms with Crippen LogP contribution >= 0.6 is 36.5 Å². The fraction of sp³-hybridized carbons (Fsp3) is 0.154. The molecule has 3 N–H and O–H groups in total. The second-order valence-electron chi connectivity index (χ2n) is 4.53. The van der Waals surface area contributed by atoms with Gasteiger partial charge in [0.2, 0.25) is 5.95 Å². The van der Waals surface area contributed by atoms with Gasteiger partial charge in [-0.15, -0.1) is 8.93 Å². The Balaban J connectivity index is 2.18. The number of aromatic nitrogens is 2. The van der Waals surface area contributed by atoms with E-state index in [-0.39, 0.29) is 11.1 Å². The van der Waals surface area contributed by atoms with Crippen LogP contribution in [-0.2, 0) is 11.2 Å². The van der Waals surface area contributed by atoms with Crippen molar-refractivity contribution < 1.29 is 9.90 Å². The zero-order valence-corrected chi connectivity index (χ0v) is 15.7. The number of nitrogens with two attached hydrogens (primary N) is 1. The molecule has 0 saturated heterocycles. The predicted octanol–water partition coefficient (Wildman–Crippen LogP) is 3.89. The van der Waals surface area contributed by atoms with Crippen molar-refractivity contribution in [3.63, 3.8) is 0 Å². The lowest BCUT2D eigenvalue weighted by Gasteiger charge is -2.08. The van der Waals surface area contributed by atoms with Crippen molar-refractivity contribution in [2.75, 3.05) is 5.73 Å². The first kappa shape index (κ1) is 18.2. The smallest absolute Gasteiger partial charge is 0.329 e. The molecule has 0 radical (unpaired) electrons. The van der Waals surface area contributed by atoms with Crippen LogP contribution in [0.2, 0.25) is 5.15 Å². The van der Waals surface area contributed by atoms with Crippen molar-refractivity contribution in [1.82, 2.24) is 9.97 Å². The summed E-state index contributed by atoms with van der Waals surface area (Å²) in [6.45, 7) is 0. The van der Waals surface area contributed by atoms with Crippen molar-refractivity contribution in [2.24, 2.45) is 4.74 Å². The second-order valence-corrected chi connectivity index (χ2v) is 9.31. The molecule has 1 aromatic carbocycles. The van der Waals surface area contributed by atoms with E-state index in [1.807, 2.05) is 24.3 Å². The van der Waals surface area contributed by atoms with Gasteiger partial charge in [-0.2, -0.15) is 0 Å². The lowest BCUT2D eigenvalue weighted by molar-refractivity contribution is -0.138. The molecule has 0 amide bonds. The van der Waals surface area contributed by atoms with Gasteiger partial charge in [0.25, 0.3) is 0 Å². The van der Waals surface area contributed by atoms with Crippen molar-refractivity contribution in [3.8, 4) is 11.3 Å². The third-order valence-electron chi connectivity index (χ3n) is 2.93. The number of benzene rings is 1. The third kappa shape index (κ3) is 5.44. The van der Waals surface area contributed by atoms with Gasteiger partial charge in [0.15, 0.2) is 6.04 Å². The molecule has 2 unspecified atom stereocenters. The Morgan fingerprint density at radius 3 is 2.70 bits per heavy atom. The van der Waals surface area contributed by atoms with E-state index < -0.39 is 12.0 Å². The Hall–Kier alpha value is -1.18. The molecule has 0 saturated carbocycles. The highest BCUT2D eigenvalue weighted by molar-refractivity contribution is 8.36. The molecule has 23 heavy (non-hydrogen) atoms. The Morgan fingerprint density at radius 2 is 2.13 bits per heavy atom. The summed E-state index contributed by atoms with van der Waals surface area (Å²) in [6.07, 6.45) is 0.352. The number of anilines is 1. The molecule has 0 aliphatic carbocycles. The van der Waals surface area contributed by atoms with Crippen LogP contribution in [0.15, 0.2) is 35.1 Å². The molecule has 1 aromatic heterocycles. The van der Waals surface area contributed by atoms with Crippen molar-refractivity contribution >= 4 is 48.5 Å². The molecule has 0 bridgehead atoms. The average molecular weight is 387 g/mol. The van der Waals surface area contributed by atoms with Crippen LogP contribution in [0.25, 0.3) is 11.3 Å². The van der Waals surface area contributed by atoms with Crippen LogP contribution in [-0.4, -0.2) is 27.1 Å². The van der Waals surface area contributed by atoms with Crippen LogP contribution in [0.1, 0.15) is 5.56 Å². The summed E-state index contributed by atoms with van der Waals surface area (Å²) in [7, 11) is 3.83. The molecular formula is C13H14ClN4O2P3. The highest BCUT2D eigenvalue weighted by Gasteiger charge is 2.16. The lowest BCUT2D eigenvalue weighted by atomic mass is 10.0. The van der Waals surface area contributed by atoms with Crippen LogP contribution in [0.5, 0.6) is 0 Å². The Morgan fingerprint density at radius 1 is 1.43 bits per heavy atom. The van der Waals surface area contributed by atoms with Crippen molar-refractivity contribution in [1.29, 1.82) is 0 Å². The first-order valence-electron chi connectivity index (χ1n) is 6.47. The number of aliphatic carboxylic acids is 1. The van der Waals surface area contributed by atoms with Crippen LogP contribution in [0, 0.1) is 0 Å². The predicted molar refractivity (Wildman–Crippen MR) is 99.4 cm³/mol. The maximum absolute atomic E-state index is 11.2. The number of carbonyl (C=O) groups is 1. The average Bonchev–Trinajstić information content (AvgIpc) is 2.50. The van der Waals surface area contributed by atoms with E-state index in [2.05, 4.69) is 23.6 Å².